The molecule has 2 unspecified atom stereocenters. The van der Waals surface area contributed by atoms with Crippen LogP contribution in [-0.4, -0.2) is 20.7 Å². The minimum Gasteiger partial charge on any atom is -0.308 e. The third-order valence-electron chi connectivity index (χ3n) is 3.58. The zero-order valence-electron chi connectivity index (χ0n) is 13.0. The molecule has 0 amide bonds. The molecule has 1 N–H and O–H groups in total. The molecule has 0 fully saturated rings. The number of hydrogen-bond acceptors (Lipinski definition) is 3. The highest BCUT2D eigenvalue weighted by atomic mass is 32.2. The van der Waals surface area contributed by atoms with Gasteiger partial charge in [0.1, 0.15) is 0 Å². The van der Waals surface area contributed by atoms with Crippen molar-refractivity contribution in [2.24, 2.45) is 0 Å². The Hall–Kier alpha value is -0.870. The summed E-state index contributed by atoms with van der Waals surface area (Å²) in [6.07, 6.45) is 6.20. The Morgan fingerprint density at radius 1 is 1.10 bits per heavy atom. The Kier molecular flexibility index (Phi) is 6.69. The van der Waals surface area contributed by atoms with Crippen LogP contribution in [0.15, 0.2) is 29.2 Å². The molecule has 1 rings (SSSR count). The van der Waals surface area contributed by atoms with Gasteiger partial charge in [-0.25, -0.2) is 8.42 Å². The molecule has 0 radical (unpaired) electrons. The fraction of sp³-hybridized carbons (Fsp3) is 0.625. The second-order valence-corrected chi connectivity index (χ2v) is 7.64. The maximum absolute atomic E-state index is 11.4. The van der Waals surface area contributed by atoms with E-state index in [1.54, 1.807) is 12.1 Å². The van der Waals surface area contributed by atoms with E-state index >= 15 is 0 Å². The van der Waals surface area contributed by atoms with E-state index in [0.29, 0.717) is 10.9 Å². The van der Waals surface area contributed by atoms with Crippen molar-refractivity contribution >= 4 is 9.84 Å². The maximum atomic E-state index is 11.4. The average Bonchev–Trinajstić information content (AvgIpc) is 2.38. The van der Waals surface area contributed by atoms with Gasteiger partial charge in [-0.3, -0.25) is 0 Å². The van der Waals surface area contributed by atoms with Crippen LogP contribution >= 0.6 is 0 Å². The van der Waals surface area contributed by atoms with Gasteiger partial charge in [-0.05, 0) is 38.0 Å². The van der Waals surface area contributed by atoms with Crippen LogP contribution in [0.3, 0.4) is 0 Å². The van der Waals surface area contributed by atoms with Crippen molar-refractivity contribution in [2.45, 2.75) is 63.4 Å². The van der Waals surface area contributed by atoms with E-state index in [-0.39, 0.29) is 6.04 Å². The normalized spacial score (nSPS) is 15.0. The number of rotatable bonds is 8. The van der Waals surface area contributed by atoms with Crippen LogP contribution in [0.25, 0.3) is 0 Å². The highest BCUT2D eigenvalue weighted by Crippen LogP contribution is 2.17. The Bertz CT molecular complexity index is 494. The van der Waals surface area contributed by atoms with Crippen LogP contribution in [0, 0.1) is 0 Å². The first-order chi connectivity index (χ1) is 9.34. The van der Waals surface area contributed by atoms with Crippen molar-refractivity contribution in [1.29, 1.82) is 0 Å². The molecule has 114 valence electrons. The number of unbranched alkanes of at least 4 members (excludes halogenated alkanes) is 2. The van der Waals surface area contributed by atoms with Gasteiger partial charge in [-0.1, -0.05) is 38.3 Å². The van der Waals surface area contributed by atoms with Crippen molar-refractivity contribution in [3.63, 3.8) is 0 Å². The number of nitrogens with one attached hydrogen (secondary N) is 1. The Morgan fingerprint density at radius 3 is 2.20 bits per heavy atom. The topological polar surface area (TPSA) is 46.2 Å². The lowest BCUT2D eigenvalue weighted by Crippen LogP contribution is -2.28. The zero-order valence-corrected chi connectivity index (χ0v) is 13.8. The van der Waals surface area contributed by atoms with Gasteiger partial charge in [-0.15, -0.1) is 0 Å². The highest BCUT2D eigenvalue weighted by molar-refractivity contribution is 7.90. The van der Waals surface area contributed by atoms with Gasteiger partial charge < -0.3 is 5.32 Å². The molecule has 0 aliphatic carbocycles. The fourth-order valence-electron chi connectivity index (χ4n) is 2.31. The first-order valence-corrected chi connectivity index (χ1v) is 9.29. The van der Waals surface area contributed by atoms with E-state index in [2.05, 4.69) is 26.1 Å². The molecule has 0 heterocycles. The monoisotopic (exact) mass is 297 g/mol. The largest absolute Gasteiger partial charge is 0.308 e. The summed E-state index contributed by atoms with van der Waals surface area (Å²) in [5.41, 5.74) is 1.12. The van der Waals surface area contributed by atoms with E-state index in [4.69, 9.17) is 0 Å². The SMILES string of the molecule is CCCCCC(C)NC(C)c1ccc(S(C)(=O)=O)cc1. The second-order valence-electron chi connectivity index (χ2n) is 5.63. The van der Waals surface area contributed by atoms with E-state index < -0.39 is 9.84 Å². The third kappa shape index (κ3) is 5.63. The maximum Gasteiger partial charge on any atom is 0.175 e. The summed E-state index contributed by atoms with van der Waals surface area (Å²) in [5, 5.41) is 3.56. The summed E-state index contributed by atoms with van der Waals surface area (Å²) in [5.74, 6) is 0. The van der Waals surface area contributed by atoms with Crippen molar-refractivity contribution in [2.75, 3.05) is 6.26 Å². The molecule has 0 bridgehead atoms. The van der Waals surface area contributed by atoms with Crippen LogP contribution in [-0.2, 0) is 9.84 Å². The van der Waals surface area contributed by atoms with Crippen LogP contribution in [0.2, 0.25) is 0 Å². The van der Waals surface area contributed by atoms with Crippen molar-refractivity contribution in [3.05, 3.63) is 29.8 Å². The summed E-state index contributed by atoms with van der Waals surface area (Å²) < 4.78 is 22.8. The van der Waals surface area contributed by atoms with Gasteiger partial charge in [0.15, 0.2) is 9.84 Å². The first kappa shape index (κ1) is 17.2. The van der Waals surface area contributed by atoms with Gasteiger partial charge in [0.05, 0.1) is 4.90 Å². The van der Waals surface area contributed by atoms with E-state index in [0.717, 1.165) is 5.56 Å². The second kappa shape index (κ2) is 7.79. The standard InChI is InChI=1S/C16H27NO2S/c1-5-6-7-8-13(2)17-14(3)15-9-11-16(12-10-15)20(4,18)19/h9-14,17H,5-8H2,1-4H3. The fourth-order valence-corrected chi connectivity index (χ4v) is 2.94. The molecule has 0 aromatic heterocycles. The quantitative estimate of drug-likeness (QED) is 0.744. The molecular formula is C16H27NO2S. The van der Waals surface area contributed by atoms with Crippen molar-refractivity contribution in [1.82, 2.24) is 5.32 Å². The summed E-state index contributed by atoms with van der Waals surface area (Å²) in [6, 6.07) is 7.88. The molecule has 3 nitrogen and oxygen atoms in total. The molecule has 4 heteroatoms. The Balaban J connectivity index is 2.57. The Morgan fingerprint density at radius 2 is 1.70 bits per heavy atom. The van der Waals surface area contributed by atoms with Gasteiger partial charge in [0.25, 0.3) is 0 Å². The van der Waals surface area contributed by atoms with E-state index in [1.165, 1.54) is 31.9 Å². The molecule has 0 aliphatic heterocycles. The predicted octanol–water partition coefficient (Wildman–Crippen LogP) is 3.71. The van der Waals surface area contributed by atoms with Crippen molar-refractivity contribution in [3.8, 4) is 0 Å². The minimum absolute atomic E-state index is 0.236. The molecule has 1 aromatic rings. The van der Waals surface area contributed by atoms with Gasteiger partial charge in [0, 0.05) is 18.3 Å². The molecule has 1 aromatic carbocycles. The summed E-state index contributed by atoms with van der Waals surface area (Å²) in [6.45, 7) is 6.53. The summed E-state index contributed by atoms with van der Waals surface area (Å²) in [4.78, 5) is 0.379. The lowest BCUT2D eigenvalue weighted by Gasteiger charge is -2.20. The highest BCUT2D eigenvalue weighted by Gasteiger charge is 2.11. The predicted molar refractivity (Wildman–Crippen MR) is 84.7 cm³/mol. The van der Waals surface area contributed by atoms with Crippen LogP contribution < -0.4 is 5.32 Å². The zero-order chi connectivity index (χ0) is 15.2. The van der Waals surface area contributed by atoms with Crippen LogP contribution in [0.5, 0.6) is 0 Å². The molecule has 20 heavy (non-hydrogen) atoms. The lowest BCUT2D eigenvalue weighted by atomic mass is 10.1. The first-order valence-electron chi connectivity index (χ1n) is 7.40. The van der Waals surface area contributed by atoms with Gasteiger partial charge in [0.2, 0.25) is 0 Å². The van der Waals surface area contributed by atoms with Gasteiger partial charge in [-0.2, -0.15) is 0 Å². The number of hydrogen-bond donors (Lipinski definition) is 1. The Labute approximate surface area is 123 Å². The van der Waals surface area contributed by atoms with E-state index in [1.807, 2.05) is 12.1 Å². The molecule has 0 saturated heterocycles. The molecule has 0 spiro atoms. The summed E-state index contributed by atoms with van der Waals surface area (Å²) in [7, 11) is -3.10. The third-order valence-corrected chi connectivity index (χ3v) is 4.71. The van der Waals surface area contributed by atoms with Crippen molar-refractivity contribution < 1.29 is 8.42 Å². The van der Waals surface area contributed by atoms with Crippen LogP contribution in [0.1, 0.15) is 58.1 Å². The lowest BCUT2D eigenvalue weighted by molar-refractivity contribution is 0.440. The molecule has 2 atom stereocenters. The average molecular weight is 297 g/mol. The number of sulfone groups is 1. The number of benzene rings is 1. The molecular weight excluding hydrogens is 270 g/mol. The minimum atomic E-state index is -3.10. The van der Waals surface area contributed by atoms with E-state index in [9.17, 15) is 8.42 Å². The summed E-state index contributed by atoms with van der Waals surface area (Å²) >= 11 is 0. The van der Waals surface area contributed by atoms with Gasteiger partial charge >= 0.3 is 0 Å². The molecule has 0 aliphatic rings. The van der Waals surface area contributed by atoms with Crippen LogP contribution in [0.4, 0.5) is 0 Å². The molecule has 0 saturated carbocycles. The smallest absolute Gasteiger partial charge is 0.175 e.